The topological polar surface area (TPSA) is 56.8 Å². The van der Waals surface area contributed by atoms with Crippen molar-refractivity contribution in [2.24, 2.45) is 23.7 Å². The van der Waals surface area contributed by atoms with Gasteiger partial charge in [-0.3, -0.25) is 5.10 Å². The van der Waals surface area contributed by atoms with E-state index in [1.54, 1.807) is 0 Å². The molecule has 4 fully saturated rings. The monoisotopic (exact) mass is 259 g/mol. The lowest BCUT2D eigenvalue weighted by Gasteiger charge is -2.25. The summed E-state index contributed by atoms with van der Waals surface area (Å²) in [5.41, 5.74) is 0. The maximum atomic E-state index is 4.81. The summed E-state index contributed by atoms with van der Waals surface area (Å²) in [4.78, 5) is 7.10. The van der Waals surface area contributed by atoms with Gasteiger partial charge in [-0.1, -0.05) is 0 Å². The Morgan fingerprint density at radius 3 is 2.53 bits per heavy atom. The van der Waals surface area contributed by atoms with E-state index in [-0.39, 0.29) is 0 Å². The van der Waals surface area contributed by atoms with Gasteiger partial charge in [0.15, 0.2) is 0 Å². The molecule has 0 amide bonds. The van der Waals surface area contributed by atoms with E-state index >= 15 is 0 Å². The molecule has 5 nitrogen and oxygen atoms in total. The van der Waals surface area contributed by atoms with Crippen molar-refractivity contribution in [2.45, 2.75) is 25.2 Å². The molecule has 4 atom stereocenters. The Morgan fingerprint density at radius 2 is 1.79 bits per heavy atom. The number of aromatic amines is 1. The highest BCUT2D eigenvalue weighted by Crippen LogP contribution is 2.72. The first-order valence-electron chi connectivity index (χ1n) is 7.80. The molecule has 3 aliphatic carbocycles. The summed E-state index contributed by atoms with van der Waals surface area (Å²) >= 11 is 0. The maximum absolute atomic E-state index is 4.81. The van der Waals surface area contributed by atoms with Crippen molar-refractivity contribution >= 4 is 5.95 Å². The van der Waals surface area contributed by atoms with E-state index in [0.29, 0.717) is 0 Å². The minimum atomic E-state index is 0.718. The van der Waals surface area contributed by atoms with Gasteiger partial charge in [-0.15, -0.1) is 5.10 Å². The number of hydrogen-bond donors (Lipinski definition) is 2. The van der Waals surface area contributed by atoms with Crippen molar-refractivity contribution in [2.75, 3.05) is 31.1 Å². The molecule has 19 heavy (non-hydrogen) atoms. The summed E-state index contributed by atoms with van der Waals surface area (Å²) in [7, 11) is 0. The van der Waals surface area contributed by atoms with Crippen LogP contribution in [0.1, 0.15) is 31.0 Å². The van der Waals surface area contributed by atoms with Crippen molar-refractivity contribution in [3.05, 3.63) is 5.82 Å². The molecule has 2 bridgehead atoms. The second kappa shape index (κ2) is 3.72. The molecule has 102 valence electrons. The average Bonchev–Trinajstić information content (AvgIpc) is 2.89. The summed E-state index contributed by atoms with van der Waals surface area (Å²) in [6.07, 6.45) is 4.45. The fraction of sp³-hybridized carbons (Fsp3) is 0.857. The summed E-state index contributed by atoms with van der Waals surface area (Å²) in [5, 5.41) is 11.1. The van der Waals surface area contributed by atoms with Gasteiger partial charge in [-0.2, -0.15) is 4.98 Å². The van der Waals surface area contributed by atoms with E-state index in [0.717, 1.165) is 61.7 Å². The third-order valence-electron chi connectivity index (χ3n) is 5.94. The summed E-state index contributed by atoms with van der Waals surface area (Å²) < 4.78 is 0. The van der Waals surface area contributed by atoms with E-state index in [1.165, 1.54) is 25.1 Å². The lowest BCUT2D eigenvalue weighted by atomic mass is 10.0. The number of aromatic nitrogens is 3. The van der Waals surface area contributed by atoms with Crippen molar-refractivity contribution in [3.8, 4) is 0 Å². The van der Waals surface area contributed by atoms with Gasteiger partial charge in [-0.25, -0.2) is 0 Å². The van der Waals surface area contributed by atoms with Crippen LogP contribution in [0.3, 0.4) is 0 Å². The Hall–Kier alpha value is -1.10. The molecule has 5 rings (SSSR count). The summed E-state index contributed by atoms with van der Waals surface area (Å²) in [6, 6.07) is 0. The lowest BCUT2D eigenvalue weighted by Crippen LogP contribution is -2.44. The molecule has 0 radical (unpaired) electrons. The molecule has 4 aliphatic rings. The fourth-order valence-electron chi connectivity index (χ4n) is 5.11. The predicted molar refractivity (Wildman–Crippen MR) is 72.0 cm³/mol. The Kier molecular flexibility index (Phi) is 2.09. The number of nitrogens with one attached hydrogen (secondary N) is 2. The van der Waals surface area contributed by atoms with Gasteiger partial charge in [0.2, 0.25) is 5.95 Å². The molecule has 4 unspecified atom stereocenters. The Balaban J connectivity index is 1.36. The van der Waals surface area contributed by atoms with Crippen LogP contribution in [0.25, 0.3) is 0 Å². The van der Waals surface area contributed by atoms with Gasteiger partial charge < -0.3 is 10.2 Å². The van der Waals surface area contributed by atoms with Gasteiger partial charge in [-0.05, 0) is 42.9 Å². The highest BCUT2D eigenvalue weighted by atomic mass is 15.4. The molecule has 1 aliphatic heterocycles. The van der Waals surface area contributed by atoms with E-state index < -0.39 is 0 Å². The number of piperazine rings is 1. The molecule has 3 saturated carbocycles. The molecule has 1 aromatic rings. The van der Waals surface area contributed by atoms with Crippen LogP contribution in [0, 0.1) is 23.7 Å². The smallest absolute Gasteiger partial charge is 0.244 e. The minimum Gasteiger partial charge on any atom is -0.337 e. The number of anilines is 1. The number of hydrogen-bond acceptors (Lipinski definition) is 4. The van der Waals surface area contributed by atoms with Crippen LogP contribution < -0.4 is 10.2 Å². The molecule has 5 heteroatoms. The second-order valence-electron chi connectivity index (χ2n) is 6.77. The third-order valence-corrected chi connectivity index (χ3v) is 5.94. The predicted octanol–water partition coefficient (Wildman–Crippen LogP) is 0.974. The zero-order valence-electron chi connectivity index (χ0n) is 11.2. The van der Waals surface area contributed by atoms with E-state index in [1.807, 2.05) is 0 Å². The van der Waals surface area contributed by atoms with Gasteiger partial charge >= 0.3 is 0 Å². The standard InChI is InChI=1S/C14H21N5/c1-2-9-7-8(1)10-11(9)12(10)13-16-14(18-17-13)19-5-3-15-4-6-19/h8-12,15H,1-7H2,(H,16,17,18). The molecular formula is C14H21N5. The van der Waals surface area contributed by atoms with Crippen LogP contribution in [0.5, 0.6) is 0 Å². The first kappa shape index (κ1) is 10.7. The summed E-state index contributed by atoms with van der Waals surface area (Å²) in [6.45, 7) is 4.14. The zero-order chi connectivity index (χ0) is 12.4. The van der Waals surface area contributed by atoms with Gasteiger partial charge in [0.1, 0.15) is 5.82 Å². The molecule has 1 aromatic heterocycles. The average molecular weight is 259 g/mol. The van der Waals surface area contributed by atoms with Crippen LogP contribution >= 0.6 is 0 Å². The first-order chi connectivity index (χ1) is 9.42. The van der Waals surface area contributed by atoms with E-state index in [4.69, 9.17) is 4.98 Å². The normalized spacial score (nSPS) is 43.6. The molecular weight excluding hydrogens is 238 g/mol. The van der Waals surface area contributed by atoms with Crippen LogP contribution in [0.4, 0.5) is 5.95 Å². The minimum absolute atomic E-state index is 0.718. The number of H-pyrrole nitrogens is 1. The zero-order valence-corrected chi connectivity index (χ0v) is 11.2. The highest BCUT2D eigenvalue weighted by molar-refractivity contribution is 5.33. The molecule has 0 aromatic carbocycles. The quantitative estimate of drug-likeness (QED) is 0.831. The second-order valence-corrected chi connectivity index (χ2v) is 6.77. The van der Waals surface area contributed by atoms with Crippen LogP contribution in [-0.4, -0.2) is 41.4 Å². The van der Waals surface area contributed by atoms with Gasteiger partial charge in [0.05, 0.1) is 0 Å². The Labute approximate surface area is 113 Å². The SMILES string of the molecule is C1CN(c2n[nH]c(C3C4C5CCC(C5)C34)n2)CCN1. The van der Waals surface area contributed by atoms with Gasteiger partial charge in [0, 0.05) is 32.1 Å². The van der Waals surface area contributed by atoms with Crippen molar-refractivity contribution in [1.82, 2.24) is 20.5 Å². The lowest BCUT2D eigenvalue weighted by molar-refractivity contribution is 0.456. The van der Waals surface area contributed by atoms with Gasteiger partial charge in [0.25, 0.3) is 0 Å². The third kappa shape index (κ3) is 1.45. The molecule has 2 heterocycles. The van der Waals surface area contributed by atoms with Crippen molar-refractivity contribution in [3.63, 3.8) is 0 Å². The first-order valence-corrected chi connectivity index (χ1v) is 7.80. The molecule has 2 N–H and O–H groups in total. The molecule has 1 saturated heterocycles. The highest BCUT2D eigenvalue weighted by Gasteiger charge is 2.66. The Bertz CT molecular complexity index is 476. The van der Waals surface area contributed by atoms with E-state index in [2.05, 4.69) is 20.4 Å². The van der Waals surface area contributed by atoms with Crippen molar-refractivity contribution < 1.29 is 0 Å². The van der Waals surface area contributed by atoms with E-state index in [9.17, 15) is 0 Å². The maximum Gasteiger partial charge on any atom is 0.244 e. The largest absolute Gasteiger partial charge is 0.337 e. The van der Waals surface area contributed by atoms with Crippen LogP contribution in [0.2, 0.25) is 0 Å². The fourth-order valence-corrected chi connectivity index (χ4v) is 5.11. The Morgan fingerprint density at radius 1 is 1.05 bits per heavy atom. The summed E-state index contributed by atoms with van der Waals surface area (Å²) in [5.74, 6) is 6.73. The van der Waals surface area contributed by atoms with Crippen LogP contribution in [-0.2, 0) is 0 Å². The number of fused-ring (bicyclic) bond motifs is 5. The number of nitrogens with zero attached hydrogens (tertiary/aromatic N) is 3. The molecule has 0 spiro atoms. The van der Waals surface area contributed by atoms with Crippen LogP contribution in [0.15, 0.2) is 0 Å². The number of rotatable bonds is 2. The van der Waals surface area contributed by atoms with Crippen molar-refractivity contribution in [1.29, 1.82) is 0 Å².